The van der Waals surface area contributed by atoms with E-state index in [9.17, 15) is 4.57 Å². The van der Waals surface area contributed by atoms with Crippen LogP contribution in [0.15, 0.2) is 30.5 Å². The predicted octanol–water partition coefficient (Wildman–Crippen LogP) is 0.971. The molecule has 1 aromatic heterocycles. The summed E-state index contributed by atoms with van der Waals surface area (Å²) in [5.41, 5.74) is 0.737. The van der Waals surface area contributed by atoms with Gasteiger partial charge in [0.25, 0.3) is 0 Å². The molecule has 2 aromatic rings. The Labute approximate surface area is 74.4 Å². The fourth-order valence-electron chi connectivity index (χ4n) is 1.30. The second kappa shape index (κ2) is 2.70. The van der Waals surface area contributed by atoms with Crippen LogP contribution in [0.3, 0.4) is 0 Å². The Bertz CT molecular complexity index is 485. The zero-order chi connectivity index (χ0) is 9.47. The average molecular weight is 197 g/mol. The minimum Gasteiger partial charge on any atom is -0.360 e. The lowest BCUT2D eigenvalue weighted by Crippen LogP contribution is -2.00. The maximum atomic E-state index is 11.0. The molecule has 0 aliphatic heterocycles. The summed E-state index contributed by atoms with van der Waals surface area (Å²) in [6.45, 7) is 0. The Kier molecular flexibility index (Phi) is 1.77. The van der Waals surface area contributed by atoms with Crippen molar-refractivity contribution in [2.24, 2.45) is 0 Å². The van der Waals surface area contributed by atoms with Gasteiger partial charge < -0.3 is 14.8 Å². The summed E-state index contributed by atoms with van der Waals surface area (Å²) in [6, 6.07) is 7.01. The van der Waals surface area contributed by atoms with Crippen molar-refractivity contribution in [3.05, 3.63) is 30.5 Å². The van der Waals surface area contributed by atoms with Crippen molar-refractivity contribution in [3.63, 3.8) is 0 Å². The molecule has 1 aromatic carbocycles. The molecule has 0 spiro atoms. The van der Waals surface area contributed by atoms with Crippen molar-refractivity contribution in [2.45, 2.75) is 0 Å². The Morgan fingerprint density at radius 1 is 1.23 bits per heavy atom. The van der Waals surface area contributed by atoms with E-state index in [1.54, 1.807) is 18.2 Å². The van der Waals surface area contributed by atoms with Gasteiger partial charge in [0.15, 0.2) is 0 Å². The largest absolute Gasteiger partial charge is 0.360 e. The minimum absolute atomic E-state index is 0.0584. The normalized spacial score (nSPS) is 12.2. The number of hydrogen-bond acceptors (Lipinski definition) is 1. The number of aromatic nitrogens is 1. The highest BCUT2D eigenvalue weighted by Crippen LogP contribution is 2.36. The molecule has 0 aliphatic carbocycles. The van der Waals surface area contributed by atoms with E-state index in [-0.39, 0.29) is 5.30 Å². The quantitative estimate of drug-likeness (QED) is 0.596. The summed E-state index contributed by atoms with van der Waals surface area (Å²) in [5, 5.41) is 0.638. The van der Waals surface area contributed by atoms with Gasteiger partial charge in [-0.05, 0) is 6.07 Å². The standard InChI is InChI=1S/C8H8NO3P/c10-13(11,12)8-5-9-7-4-2-1-3-6(7)8/h1-5,9H,(H2,10,11,12). The van der Waals surface area contributed by atoms with Gasteiger partial charge in [0.05, 0.1) is 5.30 Å². The van der Waals surface area contributed by atoms with E-state index < -0.39 is 7.60 Å². The third-order valence-electron chi connectivity index (χ3n) is 1.88. The first-order chi connectivity index (χ1) is 6.09. The van der Waals surface area contributed by atoms with Gasteiger partial charge in [0.2, 0.25) is 0 Å². The summed E-state index contributed by atoms with van der Waals surface area (Å²) in [4.78, 5) is 20.7. The Balaban J connectivity index is 2.79. The lowest BCUT2D eigenvalue weighted by molar-refractivity contribution is 0.388. The number of aromatic amines is 1. The first-order valence-electron chi connectivity index (χ1n) is 3.71. The van der Waals surface area contributed by atoms with Gasteiger partial charge in [-0.2, -0.15) is 0 Å². The molecule has 5 heteroatoms. The fraction of sp³-hybridized carbons (Fsp3) is 0. The van der Waals surface area contributed by atoms with Gasteiger partial charge in [0, 0.05) is 17.1 Å². The number of H-pyrrole nitrogens is 1. The second-order valence-electron chi connectivity index (χ2n) is 2.76. The highest BCUT2D eigenvalue weighted by atomic mass is 31.2. The van der Waals surface area contributed by atoms with Crippen LogP contribution < -0.4 is 5.30 Å². The molecule has 2 rings (SSSR count). The summed E-state index contributed by atoms with van der Waals surface area (Å²) < 4.78 is 11.0. The van der Waals surface area contributed by atoms with Crippen LogP contribution in [-0.4, -0.2) is 14.8 Å². The average Bonchev–Trinajstić information content (AvgIpc) is 2.45. The minimum atomic E-state index is -4.15. The maximum absolute atomic E-state index is 11.0. The smallest absolute Gasteiger partial charge is 0.358 e. The molecule has 13 heavy (non-hydrogen) atoms. The zero-order valence-corrected chi connectivity index (χ0v) is 7.53. The van der Waals surface area contributed by atoms with Crippen LogP contribution >= 0.6 is 7.60 Å². The van der Waals surface area contributed by atoms with Crippen LogP contribution in [0, 0.1) is 0 Å². The monoisotopic (exact) mass is 197 g/mol. The molecule has 0 amide bonds. The van der Waals surface area contributed by atoms with E-state index >= 15 is 0 Å². The number of rotatable bonds is 1. The first-order valence-corrected chi connectivity index (χ1v) is 5.32. The third-order valence-corrected chi connectivity index (χ3v) is 2.88. The van der Waals surface area contributed by atoms with Gasteiger partial charge in [-0.15, -0.1) is 0 Å². The Morgan fingerprint density at radius 3 is 2.62 bits per heavy atom. The molecule has 3 N–H and O–H groups in total. The van der Waals surface area contributed by atoms with Crippen molar-refractivity contribution >= 4 is 23.8 Å². The molecular formula is C8H8NO3P. The summed E-state index contributed by atoms with van der Waals surface area (Å²) in [6.07, 6.45) is 1.35. The lowest BCUT2D eigenvalue weighted by Gasteiger charge is -1.99. The van der Waals surface area contributed by atoms with E-state index in [0.717, 1.165) is 5.52 Å². The van der Waals surface area contributed by atoms with Crippen LogP contribution in [-0.2, 0) is 4.57 Å². The summed E-state index contributed by atoms with van der Waals surface area (Å²) in [5.74, 6) is 0. The van der Waals surface area contributed by atoms with E-state index in [1.165, 1.54) is 6.20 Å². The zero-order valence-electron chi connectivity index (χ0n) is 6.64. The molecule has 0 radical (unpaired) electrons. The fourth-order valence-corrected chi connectivity index (χ4v) is 2.04. The van der Waals surface area contributed by atoms with Crippen LogP contribution in [0.4, 0.5) is 0 Å². The van der Waals surface area contributed by atoms with Gasteiger partial charge in [0.1, 0.15) is 0 Å². The van der Waals surface area contributed by atoms with E-state index in [4.69, 9.17) is 9.79 Å². The van der Waals surface area contributed by atoms with Crippen molar-refractivity contribution in [1.82, 2.24) is 4.98 Å². The Hall–Kier alpha value is -1.09. The molecule has 0 fully saturated rings. The summed E-state index contributed by atoms with van der Waals surface area (Å²) in [7, 11) is -4.15. The van der Waals surface area contributed by atoms with Crippen molar-refractivity contribution < 1.29 is 14.4 Å². The van der Waals surface area contributed by atoms with E-state index in [0.29, 0.717) is 5.39 Å². The molecule has 0 unspecified atom stereocenters. The molecular weight excluding hydrogens is 189 g/mol. The maximum Gasteiger partial charge on any atom is 0.358 e. The third kappa shape index (κ3) is 1.40. The number of hydrogen-bond donors (Lipinski definition) is 3. The van der Waals surface area contributed by atoms with E-state index in [1.807, 2.05) is 6.07 Å². The molecule has 4 nitrogen and oxygen atoms in total. The van der Waals surface area contributed by atoms with Gasteiger partial charge in [-0.3, -0.25) is 4.57 Å². The molecule has 0 aliphatic rings. The number of benzene rings is 1. The van der Waals surface area contributed by atoms with Crippen molar-refractivity contribution in [1.29, 1.82) is 0 Å². The SMILES string of the molecule is O=P(O)(O)c1c[nH]c2ccccc12. The number of fused-ring (bicyclic) bond motifs is 1. The number of nitrogens with one attached hydrogen (secondary N) is 1. The highest BCUT2D eigenvalue weighted by Gasteiger charge is 2.20. The number of para-hydroxylation sites is 1. The molecule has 0 saturated heterocycles. The van der Waals surface area contributed by atoms with Crippen LogP contribution in [0.1, 0.15) is 0 Å². The van der Waals surface area contributed by atoms with Gasteiger partial charge >= 0.3 is 7.60 Å². The van der Waals surface area contributed by atoms with Gasteiger partial charge in [-0.1, -0.05) is 18.2 Å². The first kappa shape index (κ1) is 8.51. The topological polar surface area (TPSA) is 73.3 Å². The molecule has 0 bridgehead atoms. The Morgan fingerprint density at radius 2 is 1.92 bits per heavy atom. The van der Waals surface area contributed by atoms with Crippen molar-refractivity contribution in [3.8, 4) is 0 Å². The highest BCUT2D eigenvalue weighted by molar-refractivity contribution is 7.60. The molecule has 68 valence electrons. The predicted molar refractivity (Wildman–Crippen MR) is 50.0 cm³/mol. The second-order valence-corrected chi connectivity index (χ2v) is 4.33. The molecule has 0 saturated carbocycles. The molecule has 1 heterocycles. The lowest BCUT2D eigenvalue weighted by atomic mass is 10.2. The summed E-state index contributed by atoms with van der Waals surface area (Å²) >= 11 is 0. The van der Waals surface area contributed by atoms with Gasteiger partial charge in [-0.25, -0.2) is 0 Å². The van der Waals surface area contributed by atoms with E-state index in [2.05, 4.69) is 4.98 Å². The van der Waals surface area contributed by atoms with Crippen molar-refractivity contribution in [2.75, 3.05) is 0 Å². The van der Waals surface area contributed by atoms with Crippen LogP contribution in [0.2, 0.25) is 0 Å². The van der Waals surface area contributed by atoms with Crippen LogP contribution in [0.25, 0.3) is 10.9 Å². The molecule has 0 atom stereocenters. The van der Waals surface area contributed by atoms with Crippen LogP contribution in [0.5, 0.6) is 0 Å².